The van der Waals surface area contributed by atoms with Crippen molar-refractivity contribution in [2.24, 2.45) is 0 Å². The molecule has 8 nitrogen and oxygen atoms in total. The normalized spacial score (nSPS) is 12.4. The smallest absolute Gasteiger partial charge is 0.164 e. The van der Waals surface area contributed by atoms with E-state index in [2.05, 4.69) is 169 Å². The predicted molar refractivity (Wildman–Crippen MR) is 302 cm³/mol. The molecular formula is C64H58N8. The summed E-state index contributed by atoms with van der Waals surface area (Å²) in [5.41, 5.74) is 27.0. The second-order valence-electron chi connectivity index (χ2n) is 21.4. The lowest BCUT2D eigenvalue weighted by atomic mass is 9.89. The van der Waals surface area contributed by atoms with E-state index >= 15 is 0 Å². The summed E-state index contributed by atoms with van der Waals surface area (Å²) < 4.78 is 0. The number of fused-ring (bicyclic) bond motifs is 24. The van der Waals surface area contributed by atoms with E-state index in [0.29, 0.717) is 45.9 Å². The van der Waals surface area contributed by atoms with Crippen LogP contribution in [0.1, 0.15) is 89.0 Å². The Labute approximate surface area is 419 Å². The summed E-state index contributed by atoms with van der Waals surface area (Å²) in [5, 5.41) is 13.5. The molecule has 0 spiro atoms. The predicted octanol–water partition coefficient (Wildman–Crippen LogP) is 16.4. The van der Waals surface area contributed by atoms with Crippen molar-refractivity contribution in [2.75, 3.05) is 0 Å². The van der Waals surface area contributed by atoms with Crippen LogP contribution >= 0.6 is 0 Å². The Morgan fingerprint density at radius 3 is 0.542 bits per heavy atom. The number of nitrogens with one attached hydrogen (secondary N) is 2. The van der Waals surface area contributed by atoms with Crippen LogP contribution in [-0.2, 0) is 0 Å². The Morgan fingerprint density at radius 1 is 0.194 bits per heavy atom. The van der Waals surface area contributed by atoms with Crippen LogP contribution in [0, 0.1) is 111 Å². The number of H-pyrrole nitrogens is 2. The highest BCUT2D eigenvalue weighted by Crippen LogP contribution is 2.45. The second-order valence-corrected chi connectivity index (χ2v) is 21.4. The number of aromatic nitrogens is 8. The van der Waals surface area contributed by atoms with E-state index in [1.54, 1.807) is 0 Å². The topological polar surface area (TPSA) is 109 Å². The molecule has 0 fully saturated rings. The summed E-state index contributed by atoms with van der Waals surface area (Å²) in [6, 6.07) is 18.4. The zero-order chi connectivity index (χ0) is 50.4. The molecule has 0 amide bonds. The molecule has 0 unspecified atom stereocenters. The zero-order valence-electron chi connectivity index (χ0n) is 44.3. The van der Waals surface area contributed by atoms with Gasteiger partial charge in [0.05, 0.1) is 0 Å². The molecule has 0 saturated carbocycles. The lowest BCUT2D eigenvalue weighted by molar-refractivity contribution is 1.19. The first-order valence-electron chi connectivity index (χ1n) is 25.3. The molecule has 8 heteroatoms. The van der Waals surface area contributed by atoms with E-state index in [0.717, 1.165) is 43.8 Å². The van der Waals surface area contributed by atoms with Crippen molar-refractivity contribution in [1.29, 1.82) is 0 Å². The van der Waals surface area contributed by atoms with Crippen LogP contribution < -0.4 is 0 Å². The first-order chi connectivity index (χ1) is 34.3. The first kappa shape index (κ1) is 44.1. The fourth-order valence-electron chi connectivity index (χ4n) is 12.3. The summed E-state index contributed by atoms with van der Waals surface area (Å²) in [6.07, 6.45) is 0. The van der Waals surface area contributed by atoms with Crippen LogP contribution in [-0.4, -0.2) is 39.9 Å². The molecule has 2 aliphatic heterocycles. The number of aryl methyl sites for hydroxylation is 8. The van der Waals surface area contributed by atoms with Crippen LogP contribution in [0.15, 0.2) is 48.5 Å². The molecule has 2 N–H and O–H groups in total. The van der Waals surface area contributed by atoms with Crippen LogP contribution in [0.2, 0.25) is 0 Å². The third-order valence-electron chi connectivity index (χ3n) is 18.4. The van der Waals surface area contributed by atoms with E-state index in [1.165, 1.54) is 132 Å². The van der Waals surface area contributed by atoms with Crippen molar-refractivity contribution in [3.63, 3.8) is 0 Å². The molecule has 8 aromatic carbocycles. The van der Waals surface area contributed by atoms with Gasteiger partial charge in [0.1, 0.15) is 22.6 Å². The molecule has 354 valence electrons. The third kappa shape index (κ3) is 5.80. The second kappa shape index (κ2) is 14.9. The largest absolute Gasteiger partial charge is 0.324 e. The average molecular weight is 939 g/mol. The monoisotopic (exact) mass is 938 g/mol. The molecule has 0 aliphatic carbocycles. The number of rotatable bonds is 0. The van der Waals surface area contributed by atoms with Crippen LogP contribution in [0.3, 0.4) is 0 Å². The van der Waals surface area contributed by atoms with Gasteiger partial charge < -0.3 is 9.97 Å². The molecule has 3 aromatic heterocycles. The maximum atomic E-state index is 5.57. The molecular weight excluding hydrogens is 881 g/mol. The Morgan fingerprint density at radius 2 is 0.361 bits per heavy atom. The Balaban J connectivity index is 1.26. The quantitative estimate of drug-likeness (QED) is 0.157. The summed E-state index contributed by atoms with van der Waals surface area (Å²) >= 11 is 0. The highest BCUT2D eigenvalue weighted by atomic mass is 15.1. The maximum absolute atomic E-state index is 5.57. The number of aromatic amines is 2. The van der Waals surface area contributed by atoms with Gasteiger partial charge in [-0.15, -0.1) is 0 Å². The van der Waals surface area contributed by atoms with Crippen molar-refractivity contribution in [1.82, 2.24) is 39.9 Å². The van der Waals surface area contributed by atoms with Gasteiger partial charge in [-0.2, -0.15) is 0 Å². The highest BCUT2D eigenvalue weighted by Gasteiger charge is 2.27. The molecule has 13 rings (SSSR count). The summed E-state index contributed by atoms with van der Waals surface area (Å²) in [4.78, 5) is 40.7. The van der Waals surface area contributed by atoms with Gasteiger partial charge in [0.15, 0.2) is 23.3 Å². The van der Waals surface area contributed by atoms with Crippen molar-refractivity contribution < 1.29 is 0 Å². The van der Waals surface area contributed by atoms with Crippen LogP contribution in [0.25, 0.3) is 133 Å². The van der Waals surface area contributed by atoms with E-state index in [-0.39, 0.29) is 0 Å². The fraction of sp³-hybridized carbons (Fsp3) is 0.250. The van der Waals surface area contributed by atoms with E-state index in [9.17, 15) is 0 Å². The zero-order valence-corrected chi connectivity index (χ0v) is 44.3. The van der Waals surface area contributed by atoms with E-state index in [4.69, 9.17) is 29.9 Å². The molecule has 72 heavy (non-hydrogen) atoms. The van der Waals surface area contributed by atoms with Crippen molar-refractivity contribution in [3.8, 4) is 45.6 Å². The summed E-state index contributed by atoms with van der Waals surface area (Å²) in [7, 11) is 0. The van der Waals surface area contributed by atoms with Gasteiger partial charge in [0.25, 0.3) is 0 Å². The molecule has 0 atom stereocenters. The van der Waals surface area contributed by atoms with Crippen LogP contribution in [0.5, 0.6) is 0 Å². The van der Waals surface area contributed by atoms with Gasteiger partial charge in [-0.3, -0.25) is 0 Å². The molecule has 0 radical (unpaired) electrons. The summed E-state index contributed by atoms with van der Waals surface area (Å²) in [6.45, 7) is 35.7. The number of nitrogens with zero attached hydrogens (tertiary/aromatic N) is 6. The fourth-order valence-corrected chi connectivity index (χ4v) is 12.3. The SMILES string of the molecule is Cc1c(C)c(C)c2cc3c(cc2c1C)-c1nc-3nc2[nH]c(nc3nc(nc4[nH]c(n1)c1cc5c(C)c(C)c(C)c(C)c5cc41)-c1cc4c(C)c(C)c(C)c(C)c4cc1-3)c1cc3c(C)c(C)c(C)c(C)c3cc21. The number of benzene rings is 8. The minimum atomic E-state index is 0.599. The molecule has 8 bridgehead atoms. The lowest BCUT2D eigenvalue weighted by Gasteiger charge is -2.15. The maximum Gasteiger partial charge on any atom is 0.164 e. The lowest BCUT2D eigenvalue weighted by Crippen LogP contribution is -1.95. The standard InChI is InChI=1S/C64H58N8/c1-25-26(2)34(10)42-18-50-49(17-41(42)33(25)9)57-65-58(50)70-60-53-21-45-37(13)29(5)30(6)38(14)46(45)22-54(53)62(67-60)72-64-56-24-48-40(16)32(8)31(7)39(15)47(48)23-55(56)63(68-64)71-61-52-20-44-36(12)28(4)27(3)35(11)43(44)19-51(52)59(66-61)69-57/h17-24H,1-16H3,(H2,65,66,67,68,69,70,71,72). The van der Waals surface area contributed by atoms with Gasteiger partial charge >= 0.3 is 0 Å². The molecule has 5 heterocycles. The van der Waals surface area contributed by atoms with E-state index < -0.39 is 0 Å². The van der Waals surface area contributed by atoms with Crippen molar-refractivity contribution in [3.05, 3.63) is 138 Å². The highest BCUT2D eigenvalue weighted by molar-refractivity contribution is 6.15. The van der Waals surface area contributed by atoms with Gasteiger partial charge in [-0.05, 0) is 291 Å². The Bertz CT molecular complexity index is 4040. The average Bonchev–Trinajstić information content (AvgIpc) is 4.11. The minimum Gasteiger partial charge on any atom is -0.324 e. The third-order valence-corrected chi connectivity index (χ3v) is 18.4. The summed E-state index contributed by atoms with van der Waals surface area (Å²) in [5.74, 6) is 2.40. The Hall–Kier alpha value is -7.84. The van der Waals surface area contributed by atoms with Gasteiger partial charge in [0, 0.05) is 43.8 Å². The Kier molecular flexibility index (Phi) is 9.11. The van der Waals surface area contributed by atoms with Crippen molar-refractivity contribution >= 4 is 87.2 Å². The number of hydrogen-bond donors (Lipinski definition) is 2. The molecule has 2 aliphatic rings. The van der Waals surface area contributed by atoms with Gasteiger partial charge in [-0.1, -0.05) is 0 Å². The van der Waals surface area contributed by atoms with Gasteiger partial charge in [-0.25, -0.2) is 29.9 Å². The van der Waals surface area contributed by atoms with Crippen LogP contribution in [0.4, 0.5) is 0 Å². The van der Waals surface area contributed by atoms with Crippen molar-refractivity contribution in [2.45, 2.75) is 111 Å². The van der Waals surface area contributed by atoms with E-state index in [1.807, 2.05) is 0 Å². The van der Waals surface area contributed by atoms with Gasteiger partial charge in [0.2, 0.25) is 0 Å². The first-order valence-corrected chi connectivity index (χ1v) is 25.3. The minimum absolute atomic E-state index is 0.599. The number of hydrogen-bond acceptors (Lipinski definition) is 6. The molecule has 0 saturated heterocycles. The molecule has 11 aromatic rings.